The van der Waals surface area contributed by atoms with Crippen LogP contribution in [-0.4, -0.2) is 36.3 Å². The summed E-state index contributed by atoms with van der Waals surface area (Å²) in [6.45, 7) is -0.405. The van der Waals surface area contributed by atoms with Crippen LogP contribution in [0.5, 0.6) is 5.75 Å². The van der Waals surface area contributed by atoms with Crippen LogP contribution in [-0.2, 0) is 9.53 Å². The number of amides is 1. The molecule has 4 aromatic carbocycles. The molecule has 1 aliphatic heterocycles. The number of hydrogen-bond acceptors (Lipinski definition) is 5. The Hall–Kier alpha value is -4.71. The van der Waals surface area contributed by atoms with Crippen molar-refractivity contribution in [2.75, 3.05) is 13.7 Å². The molecule has 0 radical (unpaired) electrons. The Bertz CT molecular complexity index is 1400. The van der Waals surface area contributed by atoms with Gasteiger partial charge in [-0.3, -0.25) is 4.79 Å². The predicted molar refractivity (Wildman–Crippen MR) is 142 cm³/mol. The molecule has 37 heavy (non-hydrogen) atoms. The van der Waals surface area contributed by atoms with E-state index in [4.69, 9.17) is 9.47 Å². The number of nitrogens with zero attached hydrogens (tertiary/aromatic N) is 2. The number of carbonyl (C=O) groups is 2. The summed E-state index contributed by atoms with van der Waals surface area (Å²) < 4.78 is 10.7. The zero-order chi connectivity index (χ0) is 25.6. The highest BCUT2D eigenvalue weighted by Crippen LogP contribution is 2.33. The highest BCUT2D eigenvalue weighted by Gasteiger charge is 2.33. The van der Waals surface area contributed by atoms with Gasteiger partial charge in [0.25, 0.3) is 5.91 Å². The molecule has 5 rings (SSSR count). The molecule has 0 aliphatic carbocycles. The highest BCUT2D eigenvalue weighted by molar-refractivity contribution is 6.03. The first-order valence-electron chi connectivity index (χ1n) is 12.0. The summed E-state index contributed by atoms with van der Waals surface area (Å²) in [5.74, 6) is -0.211. The normalized spacial score (nSPS) is 14.7. The zero-order valence-electron chi connectivity index (χ0n) is 20.4. The lowest BCUT2D eigenvalue weighted by atomic mass is 9.98. The lowest BCUT2D eigenvalue weighted by molar-refractivity contribution is -0.136. The fourth-order valence-corrected chi connectivity index (χ4v) is 4.34. The maximum Gasteiger partial charge on any atom is 0.338 e. The summed E-state index contributed by atoms with van der Waals surface area (Å²) in [7, 11) is 1.61. The van der Waals surface area contributed by atoms with Crippen LogP contribution in [0.2, 0.25) is 0 Å². The second-order valence-electron chi connectivity index (χ2n) is 8.66. The van der Waals surface area contributed by atoms with E-state index in [1.165, 1.54) is 5.01 Å². The molecule has 1 heterocycles. The average Bonchev–Trinajstić information content (AvgIpc) is 3.42. The summed E-state index contributed by atoms with van der Waals surface area (Å²) in [6.07, 6.45) is 0.553. The minimum atomic E-state index is -0.555. The van der Waals surface area contributed by atoms with Crippen molar-refractivity contribution in [1.29, 1.82) is 0 Å². The van der Waals surface area contributed by atoms with Crippen molar-refractivity contribution in [1.82, 2.24) is 5.01 Å². The number of rotatable bonds is 7. The number of carbonyl (C=O) groups excluding carboxylic acids is 2. The summed E-state index contributed by atoms with van der Waals surface area (Å²) in [5, 5.41) is 6.06. The molecule has 0 aromatic heterocycles. The van der Waals surface area contributed by atoms with E-state index in [0.717, 1.165) is 33.7 Å². The fourth-order valence-electron chi connectivity index (χ4n) is 4.34. The minimum Gasteiger partial charge on any atom is -0.497 e. The van der Waals surface area contributed by atoms with E-state index >= 15 is 0 Å². The van der Waals surface area contributed by atoms with Gasteiger partial charge in [0.1, 0.15) is 5.75 Å². The molecule has 0 spiro atoms. The molecule has 1 unspecified atom stereocenters. The summed E-state index contributed by atoms with van der Waals surface area (Å²) in [4.78, 5) is 25.9. The lowest BCUT2D eigenvalue weighted by Gasteiger charge is -2.22. The summed E-state index contributed by atoms with van der Waals surface area (Å²) >= 11 is 0. The Labute approximate surface area is 215 Å². The van der Waals surface area contributed by atoms with E-state index < -0.39 is 12.6 Å². The van der Waals surface area contributed by atoms with Crippen molar-refractivity contribution in [2.24, 2.45) is 5.10 Å². The standard InChI is InChI=1S/C31H26N2O4/c1-36-27-18-16-25(17-19-27)29-20-28(24-10-6-3-7-11-24)32-33(29)30(34)21-37-31(35)26-14-12-23(13-15-26)22-8-4-2-5-9-22/h2-19,29H,20-21H2,1H3. The van der Waals surface area contributed by atoms with E-state index in [0.29, 0.717) is 12.0 Å². The van der Waals surface area contributed by atoms with Gasteiger partial charge in [0, 0.05) is 6.42 Å². The van der Waals surface area contributed by atoms with Crippen molar-refractivity contribution < 1.29 is 19.1 Å². The van der Waals surface area contributed by atoms with Crippen molar-refractivity contribution in [3.05, 3.63) is 126 Å². The molecule has 6 heteroatoms. The molecule has 0 fully saturated rings. The number of esters is 1. The molecule has 0 N–H and O–H groups in total. The van der Waals surface area contributed by atoms with Crippen LogP contribution in [0.1, 0.15) is 33.9 Å². The molecule has 0 bridgehead atoms. The fraction of sp³-hybridized carbons (Fsp3) is 0.129. The Morgan fingerprint density at radius 2 is 1.38 bits per heavy atom. The SMILES string of the molecule is COc1ccc(C2CC(c3ccccc3)=NN2C(=O)COC(=O)c2ccc(-c3ccccc3)cc2)cc1. The van der Waals surface area contributed by atoms with Crippen LogP contribution in [0, 0.1) is 0 Å². The Morgan fingerprint density at radius 3 is 2.00 bits per heavy atom. The van der Waals surface area contributed by atoms with Crippen LogP contribution in [0.25, 0.3) is 11.1 Å². The van der Waals surface area contributed by atoms with Crippen LogP contribution in [0.15, 0.2) is 114 Å². The average molecular weight is 491 g/mol. The summed E-state index contributed by atoms with van der Waals surface area (Å²) in [6, 6.07) is 34.1. The van der Waals surface area contributed by atoms with Gasteiger partial charge in [-0.1, -0.05) is 84.9 Å². The molecule has 1 amide bonds. The molecule has 6 nitrogen and oxygen atoms in total. The monoisotopic (exact) mass is 490 g/mol. The molecule has 184 valence electrons. The number of methoxy groups -OCH3 is 1. The molecular formula is C31H26N2O4. The number of ether oxygens (including phenoxy) is 2. The third kappa shape index (κ3) is 5.43. The first-order valence-corrected chi connectivity index (χ1v) is 12.0. The Kier molecular flexibility index (Phi) is 7.08. The third-order valence-electron chi connectivity index (χ3n) is 6.33. The molecule has 4 aromatic rings. The second-order valence-corrected chi connectivity index (χ2v) is 8.66. The van der Waals surface area contributed by atoms with E-state index in [-0.39, 0.29) is 11.9 Å². The van der Waals surface area contributed by atoms with Gasteiger partial charge >= 0.3 is 5.97 Å². The van der Waals surface area contributed by atoms with Gasteiger partial charge in [-0.2, -0.15) is 5.10 Å². The molecule has 1 aliphatic rings. The smallest absolute Gasteiger partial charge is 0.338 e. The molecule has 1 atom stereocenters. The summed E-state index contributed by atoms with van der Waals surface area (Å²) in [5.41, 5.74) is 5.11. The quantitative estimate of drug-likeness (QED) is 0.303. The van der Waals surface area contributed by atoms with Gasteiger partial charge in [0.05, 0.1) is 24.4 Å². The third-order valence-corrected chi connectivity index (χ3v) is 6.33. The first kappa shape index (κ1) is 24.0. The van der Waals surface area contributed by atoms with Crippen molar-refractivity contribution >= 4 is 17.6 Å². The van der Waals surface area contributed by atoms with Crippen molar-refractivity contribution in [2.45, 2.75) is 12.5 Å². The van der Waals surface area contributed by atoms with Gasteiger partial charge in [0.2, 0.25) is 0 Å². The van der Waals surface area contributed by atoms with Crippen LogP contribution in [0.3, 0.4) is 0 Å². The Balaban J connectivity index is 1.30. The van der Waals surface area contributed by atoms with Crippen molar-refractivity contribution in [3.8, 4) is 16.9 Å². The van der Waals surface area contributed by atoms with Gasteiger partial charge in [-0.15, -0.1) is 0 Å². The van der Waals surface area contributed by atoms with Crippen LogP contribution >= 0.6 is 0 Å². The number of hydrogen-bond donors (Lipinski definition) is 0. The predicted octanol–water partition coefficient (Wildman–Crippen LogP) is 5.90. The van der Waals surface area contributed by atoms with Gasteiger partial charge in [0.15, 0.2) is 6.61 Å². The van der Waals surface area contributed by atoms with E-state index in [9.17, 15) is 9.59 Å². The highest BCUT2D eigenvalue weighted by atomic mass is 16.5. The zero-order valence-corrected chi connectivity index (χ0v) is 20.4. The largest absolute Gasteiger partial charge is 0.497 e. The van der Waals surface area contributed by atoms with Crippen LogP contribution in [0.4, 0.5) is 0 Å². The topological polar surface area (TPSA) is 68.2 Å². The lowest BCUT2D eigenvalue weighted by Crippen LogP contribution is -2.31. The van der Waals surface area contributed by atoms with E-state index in [1.807, 2.05) is 97.1 Å². The number of hydrazone groups is 1. The molecule has 0 saturated heterocycles. The van der Waals surface area contributed by atoms with Gasteiger partial charge in [-0.05, 0) is 46.5 Å². The minimum absolute atomic E-state index is 0.308. The van der Waals surface area contributed by atoms with Crippen LogP contribution < -0.4 is 4.74 Å². The second kappa shape index (κ2) is 10.9. The maximum absolute atomic E-state index is 13.2. The number of benzene rings is 4. The van der Waals surface area contributed by atoms with E-state index in [2.05, 4.69) is 5.10 Å². The van der Waals surface area contributed by atoms with Crippen molar-refractivity contribution in [3.63, 3.8) is 0 Å². The van der Waals surface area contributed by atoms with Gasteiger partial charge < -0.3 is 9.47 Å². The molecule has 0 saturated carbocycles. The Morgan fingerprint density at radius 1 is 0.784 bits per heavy atom. The van der Waals surface area contributed by atoms with E-state index in [1.54, 1.807) is 19.2 Å². The molecular weight excluding hydrogens is 464 g/mol. The first-order chi connectivity index (χ1) is 18.1. The van der Waals surface area contributed by atoms with Gasteiger partial charge in [-0.25, -0.2) is 9.80 Å². The maximum atomic E-state index is 13.2.